The first-order chi connectivity index (χ1) is 10.1. The third kappa shape index (κ3) is 3.44. The van der Waals surface area contributed by atoms with Crippen LogP contribution in [-0.4, -0.2) is 35.0 Å². The van der Waals surface area contributed by atoms with Crippen LogP contribution in [0, 0.1) is 0 Å². The van der Waals surface area contributed by atoms with Crippen LogP contribution in [0.3, 0.4) is 0 Å². The number of hydrogen-bond acceptors (Lipinski definition) is 4. The van der Waals surface area contributed by atoms with Gasteiger partial charge in [0, 0.05) is 25.2 Å². The number of aromatic amines is 1. The van der Waals surface area contributed by atoms with E-state index in [2.05, 4.69) is 20.0 Å². The average Bonchev–Trinajstić information content (AvgIpc) is 3.06. The van der Waals surface area contributed by atoms with Crippen LogP contribution in [0.25, 0.3) is 0 Å². The summed E-state index contributed by atoms with van der Waals surface area (Å²) in [6, 6.07) is 7.34. The molecule has 6 nitrogen and oxygen atoms in total. The van der Waals surface area contributed by atoms with Crippen molar-refractivity contribution in [3.05, 3.63) is 54.1 Å². The number of carbonyl (C=O) groups is 2. The molecule has 0 unspecified atom stereocenters. The van der Waals surface area contributed by atoms with Gasteiger partial charge < -0.3 is 15.0 Å². The van der Waals surface area contributed by atoms with Crippen molar-refractivity contribution < 1.29 is 15.7 Å². The molecule has 104 valence electrons. The van der Waals surface area contributed by atoms with Gasteiger partial charge in [-0.3, -0.25) is 4.79 Å². The lowest BCUT2D eigenvalue weighted by Crippen LogP contribution is -2.43. The zero-order valence-electron chi connectivity index (χ0n) is 11.9. The Hall–Kier alpha value is -2.63. The Labute approximate surface area is 117 Å². The molecule has 20 heavy (non-hydrogen) atoms. The summed E-state index contributed by atoms with van der Waals surface area (Å²) >= 11 is 0. The van der Waals surface area contributed by atoms with Gasteiger partial charge in [-0.25, -0.2) is 9.78 Å². The topological polar surface area (TPSA) is 84.1 Å². The number of nitrogens with one attached hydrogen (secondary N) is 2. The van der Waals surface area contributed by atoms with Gasteiger partial charge in [0.1, 0.15) is 6.04 Å². The predicted octanol–water partition coefficient (Wildman–Crippen LogP) is 0.924. The Morgan fingerprint density at radius 2 is 2.20 bits per heavy atom. The number of methoxy groups -OCH3 is 1. The molecule has 0 aliphatic heterocycles. The Morgan fingerprint density at radius 3 is 2.80 bits per heavy atom. The number of aromatic nitrogens is 2. The molecule has 2 aromatic rings. The molecule has 0 saturated heterocycles. The van der Waals surface area contributed by atoms with E-state index in [0.717, 1.165) is 0 Å². The maximum Gasteiger partial charge on any atom is 0.328 e. The van der Waals surface area contributed by atoms with Gasteiger partial charge in [0.15, 0.2) is 0 Å². The van der Waals surface area contributed by atoms with Crippen LogP contribution in [0.15, 0.2) is 42.9 Å². The van der Waals surface area contributed by atoms with E-state index in [-0.39, 0.29) is 0 Å². The van der Waals surface area contributed by atoms with Crippen LogP contribution in [-0.2, 0) is 15.9 Å². The summed E-state index contributed by atoms with van der Waals surface area (Å²) in [6.07, 6.45) is 1.81. The highest BCUT2D eigenvalue weighted by atomic mass is 16.5. The zero-order chi connectivity index (χ0) is 15.2. The van der Waals surface area contributed by atoms with Gasteiger partial charge in [-0.05, 0) is 12.1 Å². The van der Waals surface area contributed by atoms with E-state index in [9.17, 15) is 9.59 Å². The maximum absolute atomic E-state index is 12.1. The number of H-pyrrole nitrogens is 1. The van der Waals surface area contributed by atoms with Crippen LogP contribution < -0.4 is 5.32 Å². The summed E-state index contributed by atoms with van der Waals surface area (Å²) in [6.45, 7) is 0. The second-order valence-electron chi connectivity index (χ2n) is 4.01. The van der Waals surface area contributed by atoms with Crippen LogP contribution in [0.4, 0.5) is 0 Å². The molecule has 0 saturated carbocycles. The molecule has 2 rings (SSSR count). The summed E-state index contributed by atoms with van der Waals surface area (Å²) in [4.78, 5) is 30.5. The van der Waals surface area contributed by atoms with E-state index < -0.39 is 24.3 Å². The highest BCUT2D eigenvalue weighted by Crippen LogP contribution is 2.04. The molecule has 2 atom stereocenters. The van der Waals surface area contributed by atoms with Crippen molar-refractivity contribution >= 4 is 11.9 Å². The van der Waals surface area contributed by atoms with Crippen molar-refractivity contribution in [2.75, 3.05) is 7.11 Å². The summed E-state index contributed by atoms with van der Waals surface area (Å²) in [5.41, 5.74) is 0.821. The normalized spacial score (nSPS) is 13.9. The molecule has 2 N–H and O–H groups in total. The second-order valence-corrected chi connectivity index (χ2v) is 4.01. The number of benzene rings is 1. The molecule has 0 fully saturated rings. The molecule has 1 heterocycles. The molecule has 1 amide bonds. The van der Waals surface area contributed by atoms with Gasteiger partial charge in [0.25, 0.3) is 5.91 Å². The SMILES string of the molecule is [2H][C@@H](c1cnc[nH]1)[C@@H](NC(=O)c1ccccc1)C(=O)OC. The fraction of sp³-hybridized carbons (Fsp3) is 0.214. The molecule has 1 aromatic heterocycles. The molecule has 0 aliphatic rings. The van der Waals surface area contributed by atoms with Crippen LogP contribution >= 0.6 is 0 Å². The van der Waals surface area contributed by atoms with Crippen molar-refractivity contribution in [3.8, 4) is 0 Å². The molecular weight excluding hydrogens is 258 g/mol. The Balaban J connectivity index is 2.17. The predicted molar refractivity (Wildman–Crippen MR) is 72.0 cm³/mol. The molecule has 0 aliphatic carbocycles. The third-order valence-corrected chi connectivity index (χ3v) is 2.64. The smallest absolute Gasteiger partial charge is 0.328 e. The number of imidazole rings is 1. The Kier molecular flexibility index (Phi) is 4.04. The van der Waals surface area contributed by atoms with E-state index >= 15 is 0 Å². The lowest BCUT2D eigenvalue weighted by Gasteiger charge is -2.15. The average molecular weight is 274 g/mol. The highest BCUT2D eigenvalue weighted by molar-refractivity contribution is 5.96. The van der Waals surface area contributed by atoms with Gasteiger partial charge in [-0.2, -0.15) is 0 Å². The molecule has 1 aromatic carbocycles. The molecule has 6 heteroatoms. The third-order valence-electron chi connectivity index (χ3n) is 2.64. The van der Waals surface area contributed by atoms with Gasteiger partial charge >= 0.3 is 5.97 Å². The van der Waals surface area contributed by atoms with E-state index in [0.29, 0.717) is 11.3 Å². The molecule has 0 radical (unpaired) electrons. The van der Waals surface area contributed by atoms with E-state index in [1.165, 1.54) is 19.6 Å². The quantitative estimate of drug-likeness (QED) is 0.794. The number of carbonyl (C=O) groups excluding carboxylic acids is 2. The number of nitrogens with zero attached hydrogens (tertiary/aromatic N) is 1. The lowest BCUT2D eigenvalue weighted by atomic mass is 10.1. The Morgan fingerprint density at radius 1 is 1.45 bits per heavy atom. The number of rotatable bonds is 5. The minimum absolute atomic E-state index is 0.406. The van der Waals surface area contributed by atoms with Gasteiger partial charge in [-0.15, -0.1) is 0 Å². The van der Waals surface area contributed by atoms with Gasteiger partial charge in [0.2, 0.25) is 0 Å². The number of amides is 1. The van der Waals surface area contributed by atoms with Crippen molar-refractivity contribution in [1.82, 2.24) is 15.3 Å². The van der Waals surface area contributed by atoms with Crippen molar-refractivity contribution in [2.24, 2.45) is 0 Å². The van der Waals surface area contributed by atoms with Crippen molar-refractivity contribution in [2.45, 2.75) is 12.4 Å². The first-order valence-corrected chi connectivity index (χ1v) is 5.97. The summed E-state index contributed by atoms with van der Waals surface area (Å²) in [5, 5.41) is 2.52. The van der Waals surface area contributed by atoms with Crippen LogP contribution in [0.5, 0.6) is 0 Å². The maximum atomic E-state index is 12.1. The number of esters is 1. The van der Waals surface area contributed by atoms with Crippen LogP contribution in [0.2, 0.25) is 0 Å². The van der Waals surface area contributed by atoms with Gasteiger partial charge in [-0.1, -0.05) is 18.2 Å². The summed E-state index contributed by atoms with van der Waals surface area (Å²) < 4.78 is 12.8. The largest absolute Gasteiger partial charge is 0.467 e. The van der Waals surface area contributed by atoms with Crippen molar-refractivity contribution in [1.29, 1.82) is 0 Å². The van der Waals surface area contributed by atoms with E-state index in [1.54, 1.807) is 30.3 Å². The minimum Gasteiger partial charge on any atom is -0.467 e. The van der Waals surface area contributed by atoms with Crippen molar-refractivity contribution in [3.63, 3.8) is 0 Å². The summed E-state index contributed by atoms with van der Waals surface area (Å²) in [7, 11) is 1.21. The minimum atomic E-state index is -1.12. The Bertz CT molecular complexity index is 601. The fourth-order valence-electron chi connectivity index (χ4n) is 1.65. The van der Waals surface area contributed by atoms with E-state index in [4.69, 9.17) is 1.37 Å². The fourth-order valence-corrected chi connectivity index (χ4v) is 1.65. The zero-order valence-corrected chi connectivity index (χ0v) is 10.9. The second kappa shape index (κ2) is 6.51. The molecular formula is C14H15N3O3. The van der Waals surface area contributed by atoms with E-state index in [1.807, 2.05) is 0 Å². The van der Waals surface area contributed by atoms with Crippen LogP contribution in [0.1, 0.15) is 17.4 Å². The highest BCUT2D eigenvalue weighted by Gasteiger charge is 2.22. The number of ether oxygens (including phenoxy) is 1. The molecule has 0 bridgehead atoms. The first-order valence-electron chi connectivity index (χ1n) is 6.55. The molecule has 0 spiro atoms. The number of hydrogen-bond donors (Lipinski definition) is 2. The van der Waals surface area contributed by atoms with Gasteiger partial charge in [0.05, 0.1) is 13.4 Å². The lowest BCUT2D eigenvalue weighted by molar-refractivity contribution is -0.142. The first kappa shape index (κ1) is 12.4. The summed E-state index contributed by atoms with van der Waals surface area (Å²) in [5.74, 6) is -1.13. The monoisotopic (exact) mass is 274 g/mol. The standard InChI is InChI=1S/C14H15N3O3/c1-20-14(19)12(7-11-8-15-9-16-11)17-13(18)10-5-3-2-4-6-10/h2-6,8-9,12H,7H2,1H3,(H,15,16)(H,17,18)/t12-/m1/s1/i7D/t7-,12+/m0.